The fourth-order valence-electron chi connectivity index (χ4n) is 1.68. The number of carbonyl (C=O) groups is 1. The number of nitrogens with zero attached hydrogens (tertiary/aromatic N) is 2. The molecule has 1 aromatic carbocycles. The first-order valence-electron chi connectivity index (χ1n) is 5.96. The molecule has 0 amide bonds. The quantitative estimate of drug-likeness (QED) is 0.585. The van der Waals surface area contributed by atoms with Crippen LogP contribution in [0.5, 0.6) is 5.75 Å². The van der Waals surface area contributed by atoms with Gasteiger partial charge in [0, 0.05) is 20.4 Å². The van der Waals surface area contributed by atoms with Crippen LogP contribution in [0.3, 0.4) is 0 Å². The number of methoxy groups -OCH3 is 1. The Balaban J connectivity index is 2.21. The number of aromatic nitrogens is 2. The van der Waals surface area contributed by atoms with Crippen LogP contribution in [0.1, 0.15) is 16.1 Å². The summed E-state index contributed by atoms with van der Waals surface area (Å²) in [5, 5.41) is 0. The lowest BCUT2D eigenvalue weighted by molar-refractivity contribution is 0.102. The summed E-state index contributed by atoms with van der Waals surface area (Å²) in [7, 11) is 3.43. The van der Waals surface area contributed by atoms with Gasteiger partial charge in [-0.1, -0.05) is 12.1 Å². The molecule has 0 atom stereocenters. The van der Waals surface area contributed by atoms with Crippen molar-refractivity contribution in [2.24, 2.45) is 7.05 Å². The molecule has 5 nitrogen and oxygen atoms in total. The molecule has 0 saturated heterocycles. The number of hydrogen-bond acceptors (Lipinski definition) is 4. The van der Waals surface area contributed by atoms with Crippen LogP contribution < -0.4 is 4.74 Å². The average molecular weight is 260 g/mol. The summed E-state index contributed by atoms with van der Waals surface area (Å²) in [6, 6.07) is 7.14. The number of rotatable bonds is 6. The SMILES string of the molecule is COCCOc1ccccc1C(=O)c1cn(C)cn1. The Labute approximate surface area is 111 Å². The lowest BCUT2D eigenvalue weighted by Gasteiger charge is -2.09. The van der Waals surface area contributed by atoms with E-state index in [1.807, 2.05) is 13.1 Å². The van der Waals surface area contributed by atoms with E-state index in [9.17, 15) is 4.79 Å². The molecule has 0 aliphatic heterocycles. The van der Waals surface area contributed by atoms with E-state index >= 15 is 0 Å². The highest BCUT2D eigenvalue weighted by atomic mass is 16.5. The van der Waals surface area contributed by atoms with Crippen molar-refractivity contribution in [1.82, 2.24) is 9.55 Å². The van der Waals surface area contributed by atoms with Crippen LogP contribution in [0, 0.1) is 0 Å². The van der Waals surface area contributed by atoms with Gasteiger partial charge in [0.05, 0.1) is 18.5 Å². The van der Waals surface area contributed by atoms with Crippen molar-refractivity contribution < 1.29 is 14.3 Å². The first-order chi connectivity index (χ1) is 9.22. The van der Waals surface area contributed by atoms with Crippen molar-refractivity contribution in [2.75, 3.05) is 20.3 Å². The van der Waals surface area contributed by atoms with Crippen LogP contribution in [0.4, 0.5) is 0 Å². The van der Waals surface area contributed by atoms with E-state index in [0.29, 0.717) is 30.2 Å². The average Bonchev–Trinajstić information content (AvgIpc) is 2.85. The molecule has 0 N–H and O–H groups in total. The van der Waals surface area contributed by atoms with Gasteiger partial charge in [-0.05, 0) is 12.1 Å². The molecule has 1 heterocycles. The lowest BCUT2D eigenvalue weighted by atomic mass is 10.1. The van der Waals surface area contributed by atoms with Gasteiger partial charge in [-0.25, -0.2) is 4.98 Å². The number of benzene rings is 1. The van der Waals surface area contributed by atoms with Crippen LogP contribution in [0.2, 0.25) is 0 Å². The van der Waals surface area contributed by atoms with Crippen LogP contribution >= 0.6 is 0 Å². The number of hydrogen-bond donors (Lipinski definition) is 0. The molecular weight excluding hydrogens is 244 g/mol. The molecule has 0 fully saturated rings. The van der Waals surface area contributed by atoms with E-state index in [1.165, 1.54) is 0 Å². The van der Waals surface area contributed by atoms with E-state index < -0.39 is 0 Å². The first kappa shape index (κ1) is 13.3. The minimum Gasteiger partial charge on any atom is -0.490 e. The molecule has 0 aliphatic rings. The third-order valence-electron chi connectivity index (χ3n) is 2.61. The van der Waals surface area contributed by atoms with Crippen LogP contribution in [-0.2, 0) is 11.8 Å². The number of imidazole rings is 1. The Morgan fingerprint density at radius 2 is 2.11 bits per heavy atom. The van der Waals surface area contributed by atoms with E-state index in [1.54, 1.807) is 42.4 Å². The molecule has 0 bridgehead atoms. The summed E-state index contributed by atoms with van der Waals surface area (Å²) in [5.74, 6) is 0.406. The zero-order valence-electron chi connectivity index (χ0n) is 11.0. The Kier molecular flexibility index (Phi) is 4.30. The zero-order chi connectivity index (χ0) is 13.7. The first-order valence-corrected chi connectivity index (χ1v) is 5.96. The largest absolute Gasteiger partial charge is 0.490 e. The van der Waals surface area contributed by atoms with Gasteiger partial charge in [0.1, 0.15) is 18.1 Å². The monoisotopic (exact) mass is 260 g/mol. The maximum atomic E-state index is 12.3. The molecule has 0 aliphatic carbocycles. The third-order valence-corrected chi connectivity index (χ3v) is 2.61. The maximum Gasteiger partial charge on any atom is 0.216 e. The highest BCUT2D eigenvalue weighted by Crippen LogP contribution is 2.20. The normalized spacial score (nSPS) is 10.4. The summed E-state index contributed by atoms with van der Waals surface area (Å²) in [6.45, 7) is 0.884. The Morgan fingerprint density at radius 1 is 1.32 bits per heavy atom. The van der Waals surface area contributed by atoms with Crippen molar-refractivity contribution in [1.29, 1.82) is 0 Å². The molecule has 0 radical (unpaired) electrons. The van der Waals surface area contributed by atoms with E-state index in [0.717, 1.165) is 0 Å². The lowest BCUT2D eigenvalue weighted by Crippen LogP contribution is -2.09. The van der Waals surface area contributed by atoms with Crippen molar-refractivity contribution in [3.05, 3.63) is 48.0 Å². The molecule has 0 unspecified atom stereocenters. The molecular formula is C14H16N2O3. The summed E-state index contributed by atoms with van der Waals surface area (Å²) < 4.78 is 12.2. The summed E-state index contributed by atoms with van der Waals surface area (Å²) in [6.07, 6.45) is 3.29. The van der Waals surface area contributed by atoms with Crippen LogP contribution in [0.25, 0.3) is 0 Å². The van der Waals surface area contributed by atoms with Crippen molar-refractivity contribution in [2.45, 2.75) is 0 Å². The van der Waals surface area contributed by atoms with E-state index in [4.69, 9.17) is 9.47 Å². The molecule has 100 valence electrons. The fraction of sp³-hybridized carbons (Fsp3) is 0.286. The van der Waals surface area contributed by atoms with Gasteiger partial charge in [0.15, 0.2) is 0 Å². The predicted octanol–water partition coefficient (Wildman–Crippen LogP) is 1.68. The maximum absolute atomic E-state index is 12.3. The molecule has 0 spiro atoms. The number of carbonyl (C=O) groups excluding carboxylic acids is 1. The Hall–Kier alpha value is -2.14. The smallest absolute Gasteiger partial charge is 0.216 e. The second-order valence-corrected chi connectivity index (χ2v) is 4.09. The molecule has 19 heavy (non-hydrogen) atoms. The standard InChI is InChI=1S/C14H16N2O3/c1-16-9-12(15-10-16)14(17)11-5-3-4-6-13(11)19-8-7-18-2/h3-6,9-10H,7-8H2,1-2H3. The van der Waals surface area contributed by atoms with E-state index in [-0.39, 0.29) is 5.78 Å². The summed E-state index contributed by atoms with van der Waals surface area (Å²) in [4.78, 5) is 16.4. The van der Waals surface area contributed by atoms with Gasteiger partial charge in [-0.15, -0.1) is 0 Å². The highest BCUT2D eigenvalue weighted by molar-refractivity contribution is 6.09. The topological polar surface area (TPSA) is 53.4 Å². The Morgan fingerprint density at radius 3 is 2.79 bits per heavy atom. The second-order valence-electron chi connectivity index (χ2n) is 4.09. The zero-order valence-corrected chi connectivity index (χ0v) is 11.0. The van der Waals surface area contributed by atoms with Gasteiger partial charge in [0.25, 0.3) is 0 Å². The molecule has 2 rings (SSSR count). The van der Waals surface area contributed by atoms with Crippen LogP contribution in [-0.4, -0.2) is 35.7 Å². The number of aryl methyl sites for hydroxylation is 1. The van der Waals surface area contributed by atoms with Crippen molar-refractivity contribution in [3.8, 4) is 5.75 Å². The summed E-state index contributed by atoms with van der Waals surface area (Å²) in [5.41, 5.74) is 0.919. The van der Waals surface area contributed by atoms with Crippen molar-refractivity contribution in [3.63, 3.8) is 0 Å². The number of para-hydroxylation sites is 1. The fourth-order valence-corrected chi connectivity index (χ4v) is 1.68. The summed E-state index contributed by atoms with van der Waals surface area (Å²) >= 11 is 0. The minimum absolute atomic E-state index is 0.145. The van der Waals surface area contributed by atoms with Gasteiger partial charge >= 0.3 is 0 Å². The molecule has 2 aromatic rings. The number of ether oxygens (including phenoxy) is 2. The predicted molar refractivity (Wildman–Crippen MR) is 70.5 cm³/mol. The van der Waals surface area contributed by atoms with Gasteiger partial charge < -0.3 is 14.0 Å². The molecule has 5 heteroatoms. The molecule has 0 saturated carbocycles. The van der Waals surface area contributed by atoms with Gasteiger partial charge in [-0.3, -0.25) is 4.79 Å². The Bertz CT molecular complexity index is 563. The van der Waals surface area contributed by atoms with Gasteiger partial charge in [0.2, 0.25) is 5.78 Å². The molecule has 1 aromatic heterocycles. The highest BCUT2D eigenvalue weighted by Gasteiger charge is 2.16. The van der Waals surface area contributed by atoms with Gasteiger partial charge in [-0.2, -0.15) is 0 Å². The number of ketones is 1. The van der Waals surface area contributed by atoms with E-state index in [2.05, 4.69) is 4.98 Å². The minimum atomic E-state index is -0.145. The third kappa shape index (κ3) is 3.20. The van der Waals surface area contributed by atoms with Crippen molar-refractivity contribution >= 4 is 5.78 Å². The van der Waals surface area contributed by atoms with Crippen LogP contribution in [0.15, 0.2) is 36.8 Å². The second kappa shape index (κ2) is 6.15.